The molecule has 1 fully saturated rings. The largest absolute Gasteiger partial charge is 0.496 e. The molecule has 1 aliphatic rings. The first kappa shape index (κ1) is 18.9. The highest BCUT2D eigenvalue weighted by Crippen LogP contribution is 2.30. The molecule has 1 aliphatic carbocycles. The van der Waals surface area contributed by atoms with Crippen LogP contribution in [0.5, 0.6) is 5.75 Å². The molecule has 214 valence electrons. The molecule has 0 bridgehead atoms. The van der Waals surface area contributed by atoms with Gasteiger partial charge in [0.15, 0.2) is 0 Å². The lowest BCUT2D eigenvalue weighted by atomic mass is 10.0. The summed E-state index contributed by atoms with van der Waals surface area (Å²) in [5.74, 6) is -1.51. The molecule has 0 unspecified atom stereocenters. The first-order valence-corrected chi connectivity index (χ1v) is 14.3. The van der Waals surface area contributed by atoms with Crippen LogP contribution in [0.2, 0.25) is 0 Å². The first-order chi connectivity index (χ1) is 23.2. The average molecular weight is 585 g/mol. The summed E-state index contributed by atoms with van der Waals surface area (Å²) >= 11 is 0. The van der Waals surface area contributed by atoms with E-state index in [4.69, 9.17) is 21.8 Å². The van der Waals surface area contributed by atoms with Crippen molar-refractivity contribution >= 4 is 38.6 Å². The Bertz CT molecular complexity index is 2030. The van der Waals surface area contributed by atoms with Crippen molar-refractivity contribution in [3.8, 4) is 5.75 Å². The van der Waals surface area contributed by atoms with Crippen molar-refractivity contribution in [2.24, 2.45) is 6.98 Å². The summed E-state index contributed by atoms with van der Waals surface area (Å²) in [5.41, 5.74) is 0.420. The van der Waals surface area contributed by atoms with Gasteiger partial charge in [-0.2, -0.15) is 0 Å². The van der Waals surface area contributed by atoms with Gasteiger partial charge in [0.05, 0.1) is 16.0 Å². The van der Waals surface area contributed by atoms with E-state index >= 15 is 0 Å². The smallest absolute Gasteiger partial charge is 0.411 e. The minimum absolute atomic E-state index is 0.104. The summed E-state index contributed by atoms with van der Waals surface area (Å²) in [5, 5.41) is 3.09. The van der Waals surface area contributed by atoms with Gasteiger partial charge in [-0.3, -0.25) is 10.1 Å². The SMILES string of the molecule is [2H]C([2H])([2H])Oc1cc(C(=O)NS(=O)(=O)c2ccccc2C([2H])([2H])[2H])ccc1Cc1cn(C([2H])([2H])[2H])c2ccc(NC(=O)OC3CCCC3)cc12. The molecule has 41 heavy (non-hydrogen) atoms. The zero-order chi connectivity index (χ0) is 36.6. The van der Waals surface area contributed by atoms with Crippen LogP contribution in [-0.2, 0) is 28.2 Å². The van der Waals surface area contributed by atoms with E-state index in [9.17, 15) is 18.0 Å². The van der Waals surface area contributed by atoms with Crippen molar-refractivity contribution in [2.45, 2.75) is 50.0 Å². The van der Waals surface area contributed by atoms with E-state index in [0.717, 1.165) is 48.4 Å². The summed E-state index contributed by atoms with van der Waals surface area (Å²) in [7, 11) is -7.69. The molecule has 10 heteroatoms. The van der Waals surface area contributed by atoms with Gasteiger partial charge in [0.1, 0.15) is 11.9 Å². The second-order valence-corrected chi connectivity index (χ2v) is 11.4. The lowest BCUT2D eigenvalue weighted by Gasteiger charge is -2.13. The van der Waals surface area contributed by atoms with Crippen LogP contribution in [0.3, 0.4) is 0 Å². The molecule has 0 aliphatic heterocycles. The number of aryl methyl sites for hydroxylation is 2. The van der Waals surface area contributed by atoms with Crippen LogP contribution < -0.4 is 14.8 Å². The fourth-order valence-electron chi connectivity index (χ4n) is 4.90. The number of anilines is 1. The topological polar surface area (TPSA) is 116 Å². The van der Waals surface area contributed by atoms with Crippen LogP contribution in [-0.4, -0.2) is 38.1 Å². The molecule has 0 atom stereocenters. The number of carbonyl (C=O) groups is 2. The van der Waals surface area contributed by atoms with Crippen molar-refractivity contribution in [3.63, 3.8) is 0 Å². The van der Waals surface area contributed by atoms with Crippen molar-refractivity contribution in [1.82, 2.24) is 9.29 Å². The average Bonchev–Trinajstić information content (AvgIpc) is 3.64. The lowest BCUT2D eigenvalue weighted by Crippen LogP contribution is -2.31. The Hall–Kier alpha value is -4.31. The summed E-state index contributed by atoms with van der Waals surface area (Å²) in [6.45, 7) is -5.40. The number of methoxy groups -OCH3 is 1. The van der Waals surface area contributed by atoms with Gasteiger partial charge in [-0.25, -0.2) is 17.9 Å². The first-order valence-electron chi connectivity index (χ1n) is 17.3. The second-order valence-electron chi connectivity index (χ2n) is 9.73. The molecule has 5 rings (SSSR count). The maximum absolute atomic E-state index is 13.2. The Morgan fingerprint density at radius 2 is 1.88 bits per heavy atom. The molecular formula is C31H33N3O6S. The van der Waals surface area contributed by atoms with Gasteiger partial charge in [0.2, 0.25) is 0 Å². The van der Waals surface area contributed by atoms with E-state index in [-0.39, 0.29) is 29.4 Å². The number of sulfonamides is 1. The highest BCUT2D eigenvalue weighted by atomic mass is 32.2. The van der Waals surface area contributed by atoms with Crippen LogP contribution in [0.1, 0.15) is 65.1 Å². The monoisotopic (exact) mass is 584 g/mol. The Balaban J connectivity index is 1.48. The molecule has 1 aromatic heterocycles. The predicted molar refractivity (Wildman–Crippen MR) is 157 cm³/mol. The number of amides is 2. The zero-order valence-corrected chi connectivity index (χ0v) is 22.6. The fourth-order valence-corrected chi connectivity index (χ4v) is 5.99. The lowest BCUT2D eigenvalue weighted by molar-refractivity contribution is 0.0980. The molecule has 0 saturated heterocycles. The molecule has 1 saturated carbocycles. The zero-order valence-electron chi connectivity index (χ0n) is 30.8. The van der Waals surface area contributed by atoms with E-state index in [1.54, 1.807) is 6.07 Å². The van der Waals surface area contributed by atoms with Gasteiger partial charge < -0.3 is 14.0 Å². The number of carbonyl (C=O) groups excluding carboxylic acids is 2. The molecule has 2 N–H and O–H groups in total. The third-order valence-corrected chi connectivity index (χ3v) is 8.32. The minimum atomic E-state index is -4.69. The fraction of sp³-hybridized carbons (Fsp3) is 0.290. The maximum atomic E-state index is 13.2. The van der Waals surface area contributed by atoms with Gasteiger partial charge in [0.25, 0.3) is 15.9 Å². The number of hydrogen-bond donors (Lipinski definition) is 2. The summed E-state index contributed by atoms with van der Waals surface area (Å²) in [6, 6.07) is 13.0. The Morgan fingerprint density at radius 1 is 1.05 bits per heavy atom. The quantitative estimate of drug-likeness (QED) is 0.275. The Labute approximate surface area is 252 Å². The standard InChI is InChI=1S/C31H33N3O6S/c1-20-8-4-7-11-29(20)41(37,38)33-30(35)22-13-12-21(28(17-22)39-3)16-23-19-34(2)27-15-14-24(18-26(23)27)32-31(36)40-25-9-5-6-10-25/h4,7-8,11-15,17-19,25H,5-6,9-10,16H2,1-3H3,(H,32,36)(H,33,35)/i1D3,2D3,3D3. The van der Waals surface area contributed by atoms with Crippen molar-refractivity contribution in [2.75, 3.05) is 12.4 Å². The number of aromatic nitrogens is 1. The maximum Gasteiger partial charge on any atom is 0.411 e. The van der Waals surface area contributed by atoms with Crippen LogP contribution in [0.15, 0.2) is 71.8 Å². The van der Waals surface area contributed by atoms with Gasteiger partial charge in [-0.1, -0.05) is 24.3 Å². The Kier molecular flexibility index (Phi) is 5.38. The van der Waals surface area contributed by atoms with Crippen LogP contribution >= 0.6 is 0 Å². The molecule has 9 nitrogen and oxygen atoms in total. The third-order valence-electron chi connectivity index (χ3n) is 6.93. The molecule has 0 radical (unpaired) electrons. The summed E-state index contributed by atoms with van der Waals surface area (Å²) in [4.78, 5) is 25.1. The van der Waals surface area contributed by atoms with Crippen LogP contribution in [0, 0.1) is 6.85 Å². The summed E-state index contributed by atoms with van der Waals surface area (Å²) in [6.07, 6.45) is 3.91. The number of fused-ring (bicyclic) bond motifs is 1. The molecular weight excluding hydrogens is 542 g/mol. The predicted octanol–water partition coefficient (Wildman–Crippen LogP) is 5.70. The van der Waals surface area contributed by atoms with E-state index in [2.05, 4.69) is 5.32 Å². The second kappa shape index (κ2) is 11.7. The van der Waals surface area contributed by atoms with Gasteiger partial charge in [0, 0.05) is 50.0 Å². The Morgan fingerprint density at radius 3 is 2.66 bits per heavy atom. The number of hydrogen-bond acceptors (Lipinski definition) is 6. The number of ether oxygens (including phenoxy) is 2. The minimum Gasteiger partial charge on any atom is -0.496 e. The molecule has 2 amide bonds. The molecule has 4 aromatic rings. The molecule has 3 aromatic carbocycles. The van der Waals surface area contributed by atoms with E-state index in [1.165, 1.54) is 42.6 Å². The number of nitrogens with zero attached hydrogens (tertiary/aromatic N) is 1. The van der Waals surface area contributed by atoms with E-state index in [0.29, 0.717) is 22.2 Å². The van der Waals surface area contributed by atoms with Crippen molar-refractivity contribution < 1.29 is 39.8 Å². The third kappa shape index (κ3) is 6.22. The molecule has 1 heterocycles. The molecule has 0 spiro atoms. The van der Waals surface area contributed by atoms with Crippen LogP contribution in [0.25, 0.3) is 10.9 Å². The van der Waals surface area contributed by atoms with Gasteiger partial charge >= 0.3 is 6.09 Å². The van der Waals surface area contributed by atoms with Crippen LogP contribution in [0.4, 0.5) is 10.5 Å². The highest BCUT2D eigenvalue weighted by molar-refractivity contribution is 7.90. The number of benzene rings is 3. The van der Waals surface area contributed by atoms with Gasteiger partial charge in [-0.05, 0) is 85.6 Å². The normalized spacial score (nSPS) is 17.9. The number of rotatable bonds is 8. The van der Waals surface area contributed by atoms with E-state index < -0.39 is 53.3 Å². The number of nitrogens with one attached hydrogen (secondary N) is 2. The van der Waals surface area contributed by atoms with E-state index in [1.807, 2.05) is 4.72 Å². The highest BCUT2D eigenvalue weighted by Gasteiger charge is 2.22. The summed E-state index contributed by atoms with van der Waals surface area (Å²) < 4.78 is 110. The van der Waals surface area contributed by atoms with Gasteiger partial charge in [-0.15, -0.1) is 0 Å². The van der Waals surface area contributed by atoms with Crippen molar-refractivity contribution in [3.05, 3.63) is 89.1 Å². The van der Waals surface area contributed by atoms with Crippen molar-refractivity contribution in [1.29, 1.82) is 0 Å².